The molecule has 0 saturated carbocycles. The zero-order chi connectivity index (χ0) is 15.9. The van der Waals surface area contributed by atoms with E-state index in [2.05, 4.69) is 6.07 Å². The lowest BCUT2D eigenvalue weighted by Gasteiger charge is -2.02. The van der Waals surface area contributed by atoms with Crippen LogP contribution in [0, 0.1) is 11.3 Å². The van der Waals surface area contributed by atoms with E-state index in [9.17, 15) is 10.1 Å². The van der Waals surface area contributed by atoms with Gasteiger partial charge >= 0.3 is 0 Å². The summed E-state index contributed by atoms with van der Waals surface area (Å²) in [7, 11) is 1.59. The van der Waals surface area contributed by atoms with Gasteiger partial charge < -0.3 is 4.74 Å². The molecule has 0 heterocycles. The number of carbonyl (C=O) groups is 1. The Morgan fingerprint density at radius 3 is 2.36 bits per heavy atom. The maximum Gasteiger partial charge on any atom is 0.167 e. The lowest BCUT2D eigenvalue weighted by Crippen LogP contribution is -2.00. The third-order valence-electron chi connectivity index (χ3n) is 3.12. The number of rotatable bonds is 5. The average Bonchev–Trinajstić information content (AvgIpc) is 2.55. The summed E-state index contributed by atoms with van der Waals surface area (Å²) in [5.74, 6) is 0.630. The predicted octanol–water partition coefficient (Wildman–Crippen LogP) is 4.53. The van der Waals surface area contributed by atoms with Gasteiger partial charge in [-0.3, -0.25) is 4.79 Å². The predicted molar refractivity (Wildman–Crippen MR) is 87.0 cm³/mol. The summed E-state index contributed by atoms with van der Waals surface area (Å²) < 4.78 is 5.08. The summed E-state index contributed by atoms with van der Waals surface area (Å²) in [6, 6.07) is 16.0. The van der Waals surface area contributed by atoms with Crippen LogP contribution in [0.25, 0.3) is 6.08 Å². The van der Waals surface area contributed by atoms with E-state index >= 15 is 0 Å². The van der Waals surface area contributed by atoms with Gasteiger partial charge in [-0.1, -0.05) is 23.7 Å². The van der Waals surface area contributed by atoms with Gasteiger partial charge in [-0.25, -0.2) is 0 Å². The summed E-state index contributed by atoms with van der Waals surface area (Å²) in [6.45, 7) is 0. The van der Waals surface area contributed by atoms with Crippen LogP contribution in [-0.2, 0) is 0 Å². The number of ether oxygens (including phenoxy) is 1. The zero-order valence-corrected chi connectivity index (χ0v) is 12.8. The SMILES string of the molecule is COc1ccc(/C=C(/C#N)CC(=O)c2ccc(Cl)cc2)cc1. The second kappa shape index (κ2) is 7.44. The van der Waals surface area contributed by atoms with Crippen LogP contribution in [0.4, 0.5) is 0 Å². The Bertz CT molecular complexity index is 725. The van der Waals surface area contributed by atoms with E-state index in [0.29, 0.717) is 16.2 Å². The van der Waals surface area contributed by atoms with Crippen molar-refractivity contribution in [3.8, 4) is 11.8 Å². The number of carbonyl (C=O) groups excluding carboxylic acids is 1. The highest BCUT2D eigenvalue weighted by Gasteiger charge is 2.09. The zero-order valence-electron chi connectivity index (χ0n) is 12.0. The van der Waals surface area contributed by atoms with E-state index in [1.165, 1.54) is 0 Å². The fraction of sp³-hybridized carbons (Fsp3) is 0.111. The summed E-state index contributed by atoms with van der Waals surface area (Å²) in [5, 5.41) is 9.79. The molecule has 3 nitrogen and oxygen atoms in total. The van der Waals surface area contributed by atoms with Crippen molar-refractivity contribution in [1.82, 2.24) is 0 Å². The Labute approximate surface area is 134 Å². The van der Waals surface area contributed by atoms with Gasteiger partial charge in [0.2, 0.25) is 0 Å². The molecule has 0 N–H and O–H groups in total. The molecule has 0 aliphatic heterocycles. The number of Topliss-reactive ketones (excluding diaryl/α,β-unsaturated/α-hetero) is 1. The normalized spacial score (nSPS) is 10.9. The molecule has 2 aromatic rings. The van der Waals surface area contributed by atoms with E-state index in [1.807, 2.05) is 24.3 Å². The van der Waals surface area contributed by atoms with Crippen molar-refractivity contribution in [2.75, 3.05) is 7.11 Å². The van der Waals surface area contributed by atoms with Crippen molar-refractivity contribution in [2.24, 2.45) is 0 Å². The molecule has 0 spiro atoms. The first-order chi connectivity index (χ1) is 10.6. The monoisotopic (exact) mass is 311 g/mol. The molecule has 0 aromatic heterocycles. The third kappa shape index (κ3) is 4.21. The molecule has 2 aromatic carbocycles. The van der Waals surface area contributed by atoms with E-state index < -0.39 is 0 Å². The topological polar surface area (TPSA) is 50.1 Å². The fourth-order valence-electron chi connectivity index (χ4n) is 1.93. The number of nitriles is 1. The first-order valence-corrected chi connectivity index (χ1v) is 7.03. The van der Waals surface area contributed by atoms with Gasteiger partial charge in [0.05, 0.1) is 13.2 Å². The number of hydrogen-bond donors (Lipinski definition) is 0. The quantitative estimate of drug-likeness (QED) is 0.602. The Kier molecular flexibility index (Phi) is 5.35. The molecular formula is C18H14ClNO2. The van der Waals surface area contributed by atoms with Crippen LogP contribution in [0.1, 0.15) is 22.3 Å². The first-order valence-electron chi connectivity index (χ1n) is 6.66. The largest absolute Gasteiger partial charge is 0.497 e. The van der Waals surface area contributed by atoms with Gasteiger partial charge in [-0.15, -0.1) is 0 Å². The molecule has 0 saturated heterocycles. The van der Waals surface area contributed by atoms with Crippen LogP contribution in [0.15, 0.2) is 54.1 Å². The van der Waals surface area contributed by atoms with Gasteiger partial charge in [0.15, 0.2) is 5.78 Å². The maximum absolute atomic E-state index is 12.2. The Morgan fingerprint density at radius 2 is 1.82 bits per heavy atom. The molecule has 0 unspecified atom stereocenters. The summed E-state index contributed by atoms with van der Waals surface area (Å²) in [6.07, 6.45) is 1.76. The van der Waals surface area contributed by atoms with Crippen molar-refractivity contribution in [3.05, 3.63) is 70.3 Å². The van der Waals surface area contributed by atoms with E-state index in [0.717, 1.165) is 11.3 Å². The van der Waals surface area contributed by atoms with Crippen LogP contribution in [0.5, 0.6) is 5.75 Å². The maximum atomic E-state index is 12.2. The molecule has 0 radical (unpaired) electrons. The van der Waals surface area contributed by atoms with E-state index in [-0.39, 0.29) is 12.2 Å². The highest BCUT2D eigenvalue weighted by atomic mass is 35.5. The number of ketones is 1. The Balaban J connectivity index is 2.14. The highest BCUT2D eigenvalue weighted by molar-refractivity contribution is 6.30. The lowest BCUT2D eigenvalue weighted by molar-refractivity contribution is 0.0994. The molecule has 0 amide bonds. The van der Waals surface area contributed by atoms with E-state index in [1.54, 1.807) is 37.5 Å². The minimum absolute atomic E-state index is 0.0597. The molecule has 0 aliphatic carbocycles. The van der Waals surface area contributed by atoms with Crippen molar-refractivity contribution in [3.63, 3.8) is 0 Å². The fourth-order valence-corrected chi connectivity index (χ4v) is 2.06. The molecule has 0 bridgehead atoms. The van der Waals surface area contributed by atoms with Gasteiger partial charge in [-0.05, 0) is 48.0 Å². The molecule has 0 aliphatic rings. The number of nitrogens with zero attached hydrogens (tertiary/aromatic N) is 1. The van der Waals surface area contributed by atoms with Crippen molar-refractivity contribution in [2.45, 2.75) is 6.42 Å². The van der Waals surface area contributed by atoms with Crippen LogP contribution < -0.4 is 4.74 Å². The second-order valence-electron chi connectivity index (χ2n) is 4.66. The van der Waals surface area contributed by atoms with Crippen LogP contribution >= 0.6 is 11.6 Å². The standard InChI is InChI=1S/C18H14ClNO2/c1-22-17-8-2-13(3-9-17)10-14(12-20)11-18(21)15-4-6-16(19)7-5-15/h2-10H,11H2,1H3/b14-10+. The Hall–Kier alpha value is -2.57. The minimum Gasteiger partial charge on any atom is -0.497 e. The molecule has 0 fully saturated rings. The molecular weight excluding hydrogens is 298 g/mol. The van der Waals surface area contributed by atoms with Gasteiger partial charge in [0.25, 0.3) is 0 Å². The average molecular weight is 312 g/mol. The van der Waals surface area contributed by atoms with Crippen LogP contribution in [0.3, 0.4) is 0 Å². The molecule has 2 rings (SSSR count). The van der Waals surface area contributed by atoms with Crippen LogP contribution in [0.2, 0.25) is 5.02 Å². The summed E-state index contributed by atoms with van der Waals surface area (Å²) in [4.78, 5) is 12.2. The summed E-state index contributed by atoms with van der Waals surface area (Å²) >= 11 is 5.80. The molecule has 4 heteroatoms. The number of methoxy groups -OCH3 is 1. The number of benzene rings is 2. The smallest absolute Gasteiger partial charge is 0.167 e. The third-order valence-corrected chi connectivity index (χ3v) is 3.37. The van der Waals surface area contributed by atoms with Gasteiger partial charge in [0, 0.05) is 22.6 Å². The highest BCUT2D eigenvalue weighted by Crippen LogP contribution is 2.17. The summed E-state index contributed by atoms with van der Waals surface area (Å²) in [5.41, 5.74) is 1.80. The van der Waals surface area contributed by atoms with E-state index in [4.69, 9.17) is 16.3 Å². The number of halogens is 1. The first kappa shape index (κ1) is 15.8. The lowest BCUT2D eigenvalue weighted by atomic mass is 10.0. The van der Waals surface area contributed by atoms with Crippen molar-refractivity contribution < 1.29 is 9.53 Å². The van der Waals surface area contributed by atoms with Crippen LogP contribution in [-0.4, -0.2) is 12.9 Å². The van der Waals surface area contributed by atoms with Gasteiger partial charge in [-0.2, -0.15) is 5.26 Å². The minimum atomic E-state index is -0.113. The number of allylic oxidation sites excluding steroid dienone is 1. The number of hydrogen-bond acceptors (Lipinski definition) is 3. The van der Waals surface area contributed by atoms with Crippen molar-refractivity contribution >= 4 is 23.5 Å². The second-order valence-corrected chi connectivity index (χ2v) is 5.10. The van der Waals surface area contributed by atoms with Gasteiger partial charge in [0.1, 0.15) is 5.75 Å². The van der Waals surface area contributed by atoms with Crippen molar-refractivity contribution in [1.29, 1.82) is 5.26 Å². The molecule has 22 heavy (non-hydrogen) atoms. The molecule has 110 valence electrons. The molecule has 0 atom stereocenters. The Morgan fingerprint density at radius 1 is 1.18 bits per heavy atom.